The zero-order valence-corrected chi connectivity index (χ0v) is 16.4. The number of nitrogens with one attached hydrogen (secondary N) is 1. The molecule has 2 aromatic rings. The highest BCUT2D eigenvalue weighted by molar-refractivity contribution is 6.30. The molecule has 0 bridgehead atoms. The van der Waals surface area contributed by atoms with Gasteiger partial charge in [-0.05, 0) is 38.8 Å². The van der Waals surface area contributed by atoms with Gasteiger partial charge in [-0.15, -0.1) is 11.6 Å². The van der Waals surface area contributed by atoms with E-state index in [9.17, 15) is 9.59 Å². The summed E-state index contributed by atoms with van der Waals surface area (Å²) in [4.78, 5) is 26.7. The predicted octanol–water partition coefficient (Wildman–Crippen LogP) is 2.96. The standard InChI is InChI=1S/C20H25ClN4O2/c1-3-22-19(26)17-13-25(16-9-5-4-6-10-16)23-18(17)15-8-7-11-24(12-15)20(27)14(2)21/h4-6,9-10,13-15H,3,7-8,11-12H2,1-2H3,(H,22,26). The van der Waals surface area contributed by atoms with Crippen LogP contribution < -0.4 is 5.32 Å². The fraction of sp³-hybridized carbons (Fsp3) is 0.450. The third-order valence-electron chi connectivity index (χ3n) is 4.81. The summed E-state index contributed by atoms with van der Waals surface area (Å²) in [5, 5.41) is 7.05. The van der Waals surface area contributed by atoms with Crippen LogP contribution >= 0.6 is 11.6 Å². The number of halogens is 1. The number of hydrogen-bond donors (Lipinski definition) is 1. The molecule has 1 N–H and O–H groups in total. The number of para-hydroxylation sites is 1. The van der Waals surface area contributed by atoms with Gasteiger partial charge in [-0.1, -0.05) is 18.2 Å². The zero-order valence-electron chi connectivity index (χ0n) is 15.7. The Balaban J connectivity index is 1.94. The number of carbonyl (C=O) groups excluding carboxylic acids is 2. The van der Waals surface area contributed by atoms with Gasteiger partial charge in [0, 0.05) is 31.7 Å². The van der Waals surface area contributed by atoms with Crippen molar-refractivity contribution in [3.63, 3.8) is 0 Å². The lowest BCUT2D eigenvalue weighted by Crippen LogP contribution is -2.42. The van der Waals surface area contributed by atoms with Crippen molar-refractivity contribution in [1.82, 2.24) is 20.0 Å². The van der Waals surface area contributed by atoms with E-state index in [0.29, 0.717) is 25.2 Å². The third kappa shape index (κ3) is 4.33. The van der Waals surface area contributed by atoms with Crippen molar-refractivity contribution >= 4 is 23.4 Å². The van der Waals surface area contributed by atoms with Crippen molar-refractivity contribution < 1.29 is 9.59 Å². The van der Waals surface area contributed by atoms with Gasteiger partial charge in [0.25, 0.3) is 5.91 Å². The molecule has 2 atom stereocenters. The molecule has 1 aliphatic rings. The Labute approximate surface area is 164 Å². The second kappa shape index (κ2) is 8.57. The maximum atomic E-state index is 12.6. The lowest BCUT2D eigenvalue weighted by molar-refractivity contribution is -0.131. The van der Waals surface area contributed by atoms with Crippen LogP contribution in [0.3, 0.4) is 0 Å². The monoisotopic (exact) mass is 388 g/mol. The van der Waals surface area contributed by atoms with Gasteiger partial charge in [-0.2, -0.15) is 5.10 Å². The summed E-state index contributed by atoms with van der Waals surface area (Å²) in [5.74, 6) is -0.187. The van der Waals surface area contributed by atoms with Crippen LogP contribution in [0.4, 0.5) is 0 Å². The number of likely N-dealkylation sites (tertiary alicyclic amines) is 1. The van der Waals surface area contributed by atoms with Crippen LogP contribution in [-0.4, -0.2) is 51.5 Å². The lowest BCUT2D eigenvalue weighted by atomic mass is 9.92. The summed E-state index contributed by atoms with van der Waals surface area (Å²) < 4.78 is 1.74. The highest BCUT2D eigenvalue weighted by Crippen LogP contribution is 2.29. The Kier molecular flexibility index (Phi) is 6.16. The first-order chi connectivity index (χ1) is 13.0. The summed E-state index contributed by atoms with van der Waals surface area (Å²) in [7, 11) is 0. The number of amides is 2. The largest absolute Gasteiger partial charge is 0.352 e. The molecule has 2 amide bonds. The molecule has 27 heavy (non-hydrogen) atoms. The number of rotatable bonds is 5. The first kappa shape index (κ1) is 19.4. The third-order valence-corrected chi connectivity index (χ3v) is 4.99. The van der Waals surface area contributed by atoms with Gasteiger partial charge in [-0.3, -0.25) is 9.59 Å². The molecule has 1 saturated heterocycles. The first-order valence-corrected chi connectivity index (χ1v) is 9.81. The van der Waals surface area contributed by atoms with Crippen molar-refractivity contribution in [2.75, 3.05) is 19.6 Å². The van der Waals surface area contributed by atoms with E-state index in [1.54, 1.807) is 22.7 Å². The highest BCUT2D eigenvalue weighted by atomic mass is 35.5. The fourth-order valence-electron chi connectivity index (χ4n) is 3.48. The number of nitrogens with zero attached hydrogens (tertiary/aromatic N) is 3. The summed E-state index contributed by atoms with van der Waals surface area (Å²) in [6.07, 6.45) is 3.53. The maximum absolute atomic E-state index is 12.6. The van der Waals surface area contributed by atoms with E-state index in [4.69, 9.17) is 16.7 Å². The number of alkyl halides is 1. The average Bonchev–Trinajstić information content (AvgIpc) is 3.14. The van der Waals surface area contributed by atoms with Crippen molar-refractivity contribution in [1.29, 1.82) is 0 Å². The summed E-state index contributed by atoms with van der Waals surface area (Å²) in [6.45, 7) is 5.37. The quantitative estimate of drug-likeness (QED) is 0.801. The summed E-state index contributed by atoms with van der Waals surface area (Å²) >= 11 is 5.99. The molecule has 1 fully saturated rings. The molecule has 0 radical (unpaired) electrons. The molecule has 144 valence electrons. The van der Waals surface area contributed by atoms with Crippen molar-refractivity contribution in [3.05, 3.63) is 47.8 Å². The average molecular weight is 389 g/mol. The van der Waals surface area contributed by atoms with Crippen LogP contribution in [0.15, 0.2) is 36.5 Å². The van der Waals surface area contributed by atoms with Gasteiger partial charge < -0.3 is 10.2 Å². The van der Waals surface area contributed by atoms with Crippen molar-refractivity contribution in [2.24, 2.45) is 0 Å². The molecule has 0 aliphatic carbocycles. The number of piperidine rings is 1. The Morgan fingerprint density at radius 2 is 2.07 bits per heavy atom. The van der Waals surface area contributed by atoms with Crippen LogP contribution in [-0.2, 0) is 4.79 Å². The van der Waals surface area contributed by atoms with Crippen LogP contribution in [0.2, 0.25) is 0 Å². The first-order valence-electron chi connectivity index (χ1n) is 9.37. The van der Waals surface area contributed by atoms with E-state index in [1.807, 2.05) is 37.3 Å². The second-order valence-corrected chi connectivity index (χ2v) is 7.46. The minimum absolute atomic E-state index is 0.0145. The summed E-state index contributed by atoms with van der Waals surface area (Å²) in [6, 6.07) is 9.71. The van der Waals surface area contributed by atoms with Gasteiger partial charge in [0.1, 0.15) is 5.38 Å². The molecule has 0 spiro atoms. The van der Waals surface area contributed by atoms with Gasteiger partial charge in [-0.25, -0.2) is 4.68 Å². The second-order valence-electron chi connectivity index (χ2n) is 6.81. The SMILES string of the molecule is CCNC(=O)c1cn(-c2ccccc2)nc1C1CCCN(C(=O)C(C)Cl)C1. The smallest absolute Gasteiger partial charge is 0.254 e. The molecular weight excluding hydrogens is 364 g/mol. The molecule has 3 rings (SSSR count). The maximum Gasteiger partial charge on any atom is 0.254 e. The molecule has 1 aliphatic heterocycles. The number of carbonyl (C=O) groups is 2. The molecule has 2 unspecified atom stereocenters. The van der Waals surface area contributed by atoms with E-state index in [0.717, 1.165) is 24.2 Å². The van der Waals surface area contributed by atoms with Gasteiger partial charge in [0.15, 0.2) is 0 Å². The lowest BCUT2D eigenvalue weighted by Gasteiger charge is -2.33. The molecule has 0 saturated carbocycles. The number of hydrogen-bond acceptors (Lipinski definition) is 3. The van der Waals surface area contributed by atoms with E-state index < -0.39 is 5.38 Å². The Morgan fingerprint density at radius 3 is 2.74 bits per heavy atom. The molecular formula is C20H25ClN4O2. The number of aromatic nitrogens is 2. The number of benzene rings is 1. The Hall–Kier alpha value is -2.34. The Morgan fingerprint density at radius 1 is 1.33 bits per heavy atom. The van der Waals surface area contributed by atoms with Crippen LogP contribution in [0.5, 0.6) is 0 Å². The van der Waals surface area contributed by atoms with E-state index >= 15 is 0 Å². The van der Waals surface area contributed by atoms with Crippen LogP contribution in [0.25, 0.3) is 5.69 Å². The van der Waals surface area contributed by atoms with Gasteiger partial charge in [0.2, 0.25) is 5.91 Å². The zero-order chi connectivity index (χ0) is 19.4. The van der Waals surface area contributed by atoms with Crippen molar-refractivity contribution in [2.45, 2.75) is 38.0 Å². The van der Waals surface area contributed by atoms with Crippen LogP contribution in [0.1, 0.15) is 48.7 Å². The molecule has 1 aromatic heterocycles. The van der Waals surface area contributed by atoms with E-state index in [1.165, 1.54) is 0 Å². The Bertz CT molecular complexity index is 804. The van der Waals surface area contributed by atoms with E-state index in [2.05, 4.69) is 5.32 Å². The van der Waals surface area contributed by atoms with Crippen LogP contribution in [0, 0.1) is 0 Å². The van der Waals surface area contributed by atoms with Gasteiger partial charge >= 0.3 is 0 Å². The van der Waals surface area contributed by atoms with Gasteiger partial charge in [0.05, 0.1) is 16.9 Å². The molecule has 2 heterocycles. The molecule has 1 aromatic carbocycles. The molecule has 6 nitrogen and oxygen atoms in total. The van der Waals surface area contributed by atoms with E-state index in [-0.39, 0.29) is 17.7 Å². The topological polar surface area (TPSA) is 67.2 Å². The van der Waals surface area contributed by atoms with Crippen molar-refractivity contribution in [3.8, 4) is 5.69 Å². The molecule has 7 heteroatoms. The minimum atomic E-state index is -0.548. The summed E-state index contributed by atoms with van der Waals surface area (Å²) in [5.41, 5.74) is 2.20. The fourth-order valence-corrected chi connectivity index (χ4v) is 3.62. The normalized spacial score (nSPS) is 18.2. The highest BCUT2D eigenvalue weighted by Gasteiger charge is 2.31. The predicted molar refractivity (Wildman–Crippen MR) is 105 cm³/mol. The minimum Gasteiger partial charge on any atom is -0.352 e.